The lowest BCUT2D eigenvalue weighted by Crippen LogP contribution is -2.47. The lowest BCUT2D eigenvalue weighted by atomic mass is 9.98. The quantitative estimate of drug-likeness (QED) is 0.255. The van der Waals surface area contributed by atoms with E-state index < -0.39 is 11.8 Å². The Morgan fingerprint density at radius 1 is 1.19 bits per heavy atom. The van der Waals surface area contributed by atoms with Crippen LogP contribution in [0.4, 0.5) is 5.95 Å². The molecule has 1 aromatic carbocycles. The van der Waals surface area contributed by atoms with Crippen LogP contribution in [0, 0.1) is 12.8 Å². The van der Waals surface area contributed by atoms with Crippen molar-refractivity contribution in [2.75, 3.05) is 31.6 Å². The van der Waals surface area contributed by atoms with Gasteiger partial charge in [0.15, 0.2) is 0 Å². The van der Waals surface area contributed by atoms with Crippen LogP contribution in [0.25, 0.3) is 0 Å². The number of hydrogen-bond donors (Lipinski definition) is 3. The van der Waals surface area contributed by atoms with Gasteiger partial charge in [0, 0.05) is 30.5 Å². The summed E-state index contributed by atoms with van der Waals surface area (Å²) in [5.74, 6) is -2.17. The molecule has 1 atom stereocenters. The minimum Gasteiger partial charge on any atom is -0.466 e. The average molecular weight is 529 g/mol. The predicted octanol–water partition coefficient (Wildman–Crippen LogP) is 2.04. The highest BCUT2D eigenvalue weighted by molar-refractivity contribution is 6.29. The van der Waals surface area contributed by atoms with E-state index in [0.717, 1.165) is 0 Å². The molecule has 196 valence electrons. The third-order valence-electron chi connectivity index (χ3n) is 5.49. The maximum absolute atomic E-state index is 13.0. The molecule has 3 amide bonds. The van der Waals surface area contributed by atoms with Gasteiger partial charge in [0.1, 0.15) is 10.9 Å². The summed E-state index contributed by atoms with van der Waals surface area (Å²) in [7, 11) is 0. The third-order valence-corrected chi connectivity index (χ3v) is 5.69. The van der Waals surface area contributed by atoms with Crippen molar-refractivity contribution in [2.24, 2.45) is 5.92 Å². The number of likely N-dealkylation sites (tertiary alicyclic amines) is 1. The molecule has 11 nitrogen and oxygen atoms in total. The highest BCUT2D eigenvalue weighted by Crippen LogP contribution is 2.18. The number of esters is 1. The number of nitrogens with one attached hydrogen (secondary N) is 3. The molecule has 1 saturated heterocycles. The maximum Gasteiger partial charge on any atom is 0.310 e. The Bertz CT molecular complexity index is 1150. The van der Waals surface area contributed by atoms with Crippen LogP contribution in [0.2, 0.25) is 5.15 Å². The third kappa shape index (κ3) is 8.28. The number of anilines is 1. The topological polar surface area (TPSA) is 143 Å². The Morgan fingerprint density at radius 2 is 1.95 bits per heavy atom. The van der Waals surface area contributed by atoms with Crippen LogP contribution in [0.3, 0.4) is 0 Å². The molecular formula is C25H29ClN6O5. The fourth-order valence-electron chi connectivity index (χ4n) is 3.69. The Labute approximate surface area is 219 Å². The van der Waals surface area contributed by atoms with Crippen LogP contribution >= 0.6 is 11.6 Å². The van der Waals surface area contributed by atoms with E-state index in [1.54, 1.807) is 50.2 Å². The van der Waals surface area contributed by atoms with Gasteiger partial charge in [-0.05, 0) is 44.9 Å². The van der Waals surface area contributed by atoms with Gasteiger partial charge < -0.3 is 25.6 Å². The number of halogens is 1. The van der Waals surface area contributed by atoms with Gasteiger partial charge in [0.05, 0.1) is 19.1 Å². The number of amides is 3. The molecule has 0 spiro atoms. The van der Waals surface area contributed by atoms with E-state index in [0.29, 0.717) is 30.6 Å². The number of ether oxygens (including phenoxy) is 1. The van der Waals surface area contributed by atoms with Crippen molar-refractivity contribution < 1.29 is 23.9 Å². The normalized spacial score (nSPS) is 15.5. The van der Waals surface area contributed by atoms with Crippen LogP contribution < -0.4 is 16.0 Å². The Balaban J connectivity index is 1.68. The fraction of sp³-hybridized carbons (Fsp3) is 0.360. The molecule has 3 N–H and O–H groups in total. The Kier molecular flexibility index (Phi) is 9.96. The monoisotopic (exact) mass is 528 g/mol. The van der Waals surface area contributed by atoms with Gasteiger partial charge in [0.25, 0.3) is 11.8 Å². The first-order valence-corrected chi connectivity index (χ1v) is 12.2. The Hall–Kier alpha value is -3.99. The first kappa shape index (κ1) is 27.6. The largest absolute Gasteiger partial charge is 0.466 e. The summed E-state index contributed by atoms with van der Waals surface area (Å²) in [6, 6.07) is 9.92. The van der Waals surface area contributed by atoms with Crippen LogP contribution in [0.5, 0.6) is 0 Å². The number of carbonyl (C=O) groups is 4. The number of piperidine rings is 1. The zero-order chi connectivity index (χ0) is 26.8. The van der Waals surface area contributed by atoms with Gasteiger partial charge >= 0.3 is 5.97 Å². The van der Waals surface area contributed by atoms with E-state index in [1.807, 2.05) is 0 Å². The summed E-state index contributed by atoms with van der Waals surface area (Å²) in [6.07, 6.45) is 2.53. The molecule has 0 aliphatic carbocycles. The van der Waals surface area contributed by atoms with Crippen molar-refractivity contribution >= 4 is 41.2 Å². The zero-order valence-corrected chi connectivity index (χ0v) is 21.4. The fourth-order valence-corrected chi connectivity index (χ4v) is 3.93. The number of rotatable bonds is 9. The van der Waals surface area contributed by atoms with Gasteiger partial charge in [0.2, 0.25) is 11.9 Å². The van der Waals surface area contributed by atoms with Crippen LogP contribution in [-0.4, -0.2) is 64.8 Å². The van der Waals surface area contributed by atoms with E-state index in [-0.39, 0.29) is 54.3 Å². The van der Waals surface area contributed by atoms with Crippen molar-refractivity contribution in [3.63, 3.8) is 0 Å². The molecule has 12 heteroatoms. The SMILES string of the molecule is CCOC(=O)C1CCCN(C(=O)CNC(=O)/C(=C\Nc2nc(C)cc(Cl)n2)NC(=O)c2ccccc2)C1. The molecule has 1 fully saturated rings. The lowest BCUT2D eigenvalue weighted by molar-refractivity contribution is -0.151. The Morgan fingerprint density at radius 3 is 2.65 bits per heavy atom. The maximum atomic E-state index is 13.0. The summed E-state index contributed by atoms with van der Waals surface area (Å²) in [4.78, 5) is 60.2. The summed E-state index contributed by atoms with van der Waals surface area (Å²) in [6.45, 7) is 4.12. The van der Waals surface area contributed by atoms with Gasteiger partial charge in [-0.15, -0.1) is 0 Å². The number of benzene rings is 1. The number of hydrogen-bond acceptors (Lipinski definition) is 8. The molecule has 3 rings (SSSR count). The lowest BCUT2D eigenvalue weighted by Gasteiger charge is -2.31. The van der Waals surface area contributed by atoms with Crippen molar-refractivity contribution in [2.45, 2.75) is 26.7 Å². The average Bonchev–Trinajstić information content (AvgIpc) is 2.89. The minimum absolute atomic E-state index is 0.124. The summed E-state index contributed by atoms with van der Waals surface area (Å²) in [5, 5.41) is 8.03. The zero-order valence-electron chi connectivity index (χ0n) is 20.6. The summed E-state index contributed by atoms with van der Waals surface area (Å²) in [5.41, 5.74) is 0.778. The van der Waals surface area contributed by atoms with Gasteiger partial charge in [-0.2, -0.15) is 0 Å². The van der Waals surface area contributed by atoms with Crippen molar-refractivity contribution in [1.29, 1.82) is 0 Å². The number of nitrogens with zero attached hydrogens (tertiary/aromatic N) is 3. The first-order valence-electron chi connectivity index (χ1n) is 11.8. The highest BCUT2D eigenvalue weighted by atomic mass is 35.5. The predicted molar refractivity (Wildman–Crippen MR) is 136 cm³/mol. The molecule has 1 aromatic heterocycles. The molecule has 0 bridgehead atoms. The first-order chi connectivity index (χ1) is 17.8. The summed E-state index contributed by atoms with van der Waals surface area (Å²) < 4.78 is 5.07. The summed E-state index contributed by atoms with van der Waals surface area (Å²) >= 11 is 5.97. The van der Waals surface area contributed by atoms with E-state index >= 15 is 0 Å². The van der Waals surface area contributed by atoms with Crippen molar-refractivity contribution in [3.8, 4) is 0 Å². The van der Waals surface area contributed by atoms with Crippen molar-refractivity contribution in [1.82, 2.24) is 25.5 Å². The van der Waals surface area contributed by atoms with Crippen LogP contribution in [0.1, 0.15) is 35.8 Å². The number of aromatic nitrogens is 2. The van der Waals surface area contributed by atoms with E-state index in [9.17, 15) is 19.2 Å². The van der Waals surface area contributed by atoms with E-state index in [2.05, 4.69) is 25.9 Å². The second kappa shape index (κ2) is 13.4. The standard InChI is InChI=1S/C25H29ClN6O5/c1-3-37-24(36)18-10-7-11-32(15-18)21(33)14-27-23(35)19(30-22(34)17-8-5-4-6-9-17)13-28-25-29-16(2)12-20(26)31-25/h4-6,8-9,12-13,18H,3,7,10-11,14-15H2,1-2H3,(H,27,35)(H,30,34)(H,28,29,31)/b19-13+. The minimum atomic E-state index is -0.706. The molecule has 1 unspecified atom stereocenters. The molecule has 2 heterocycles. The molecular weight excluding hydrogens is 500 g/mol. The number of aryl methyl sites for hydroxylation is 1. The second-order valence-corrected chi connectivity index (χ2v) is 8.68. The molecule has 0 saturated carbocycles. The number of carbonyl (C=O) groups excluding carboxylic acids is 4. The second-order valence-electron chi connectivity index (χ2n) is 8.29. The molecule has 1 aliphatic rings. The molecule has 0 radical (unpaired) electrons. The molecule has 1 aliphatic heterocycles. The van der Waals surface area contributed by atoms with E-state index in [1.165, 1.54) is 11.1 Å². The van der Waals surface area contributed by atoms with Crippen LogP contribution in [0.15, 0.2) is 48.3 Å². The van der Waals surface area contributed by atoms with Gasteiger partial charge in [-0.3, -0.25) is 19.2 Å². The molecule has 2 aromatic rings. The van der Waals surface area contributed by atoms with Crippen molar-refractivity contribution in [3.05, 3.63) is 64.7 Å². The van der Waals surface area contributed by atoms with Gasteiger partial charge in [-0.1, -0.05) is 29.8 Å². The molecule has 37 heavy (non-hydrogen) atoms. The van der Waals surface area contributed by atoms with E-state index in [4.69, 9.17) is 16.3 Å². The van der Waals surface area contributed by atoms with Gasteiger partial charge in [-0.25, -0.2) is 9.97 Å². The van der Waals surface area contributed by atoms with Crippen LogP contribution in [-0.2, 0) is 19.1 Å². The smallest absolute Gasteiger partial charge is 0.310 e. The highest BCUT2D eigenvalue weighted by Gasteiger charge is 2.29.